The van der Waals surface area contributed by atoms with Crippen LogP contribution in [0.1, 0.15) is 51.2 Å². The first-order chi connectivity index (χ1) is 13.1. The van der Waals surface area contributed by atoms with Gasteiger partial charge in [-0.3, -0.25) is 4.79 Å². The van der Waals surface area contributed by atoms with E-state index in [9.17, 15) is 18.0 Å². The highest BCUT2D eigenvalue weighted by atomic mass is 19.4. The van der Waals surface area contributed by atoms with Gasteiger partial charge < -0.3 is 5.32 Å². The van der Waals surface area contributed by atoms with Gasteiger partial charge in [0.15, 0.2) is 0 Å². The SMILES string of the molecule is CC1=C[C@@H](CC#N)[C@H](C(C)C)C[C@H]1CC(=O)NCc1ccc(C(F)(F)F)cc1. The van der Waals surface area contributed by atoms with Gasteiger partial charge in [-0.1, -0.05) is 37.6 Å². The van der Waals surface area contributed by atoms with Crippen molar-refractivity contribution in [3.8, 4) is 6.07 Å². The molecule has 0 saturated carbocycles. The zero-order chi connectivity index (χ0) is 20.9. The van der Waals surface area contributed by atoms with Gasteiger partial charge in [0.1, 0.15) is 0 Å². The molecule has 3 nitrogen and oxygen atoms in total. The molecule has 0 aromatic heterocycles. The Hall–Kier alpha value is -2.29. The fourth-order valence-corrected chi connectivity index (χ4v) is 3.92. The number of halogens is 3. The molecule has 2 rings (SSSR count). The van der Waals surface area contributed by atoms with E-state index in [0.717, 1.165) is 24.1 Å². The van der Waals surface area contributed by atoms with Crippen LogP contribution < -0.4 is 5.32 Å². The monoisotopic (exact) mass is 392 g/mol. The summed E-state index contributed by atoms with van der Waals surface area (Å²) in [6.07, 6.45) is -0.493. The lowest BCUT2D eigenvalue weighted by Gasteiger charge is -2.36. The average Bonchev–Trinajstić information content (AvgIpc) is 2.61. The smallest absolute Gasteiger partial charge is 0.352 e. The van der Waals surface area contributed by atoms with Crippen molar-refractivity contribution in [2.24, 2.45) is 23.7 Å². The fourth-order valence-electron chi connectivity index (χ4n) is 3.92. The lowest BCUT2D eigenvalue weighted by Crippen LogP contribution is -2.31. The van der Waals surface area contributed by atoms with Crippen LogP contribution >= 0.6 is 0 Å². The quantitative estimate of drug-likeness (QED) is 0.652. The van der Waals surface area contributed by atoms with Gasteiger partial charge in [-0.05, 0) is 54.7 Å². The number of carbonyl (C=O) groups excluding carboxylic acids is 1. The minimum atomic E-state index is -4.36. The van der Waals surface area contributed by atoms with Crippen molar-refractivity contribution in [2.45, 2.75) is 52.8 Å². The standard InChI is InChI=1S/C22H27F3N2O/c1-14(2)20-11-18(15(3)10-17(20)8-9-26)12-21(28)27-13-16-4-6-19(7-5-16)22(23,24)25/h4-7,10,14,17-18,20H,8,11-13H2,1-3H3,(H,27,28)/t17-,18+,20+/m1/s1. The maximum atomic E-state index is 12.6. The molecule has 0 aliphatic heterocycles. The molecule has 0 fully saturated rings. The second-order valence-corrected chi connectivity index (χ2v) is 7.95. The third-order valence-corrected chi connectivity index (χ3v) is 5.61. The summed E-state index contributed by atoms with van der Waals surface area (Å²) in [5.41, 5.74) is 1.07. The average molecular weight is 392 g/mol. The molecule has 152 valence electrons. The molecule has 6 heteroatoms. The van der Waals surface area contributed by atoms with Crippen molar-refractivity contribution in [3.05, 3.63) is 47.0 Å². The first kappa shape index (κ1) is 22.0. The van der Waals surface area contributed by atoms with Crippen molar-refractivity contribution in [1.29, 1.82) is 5.26 Å². The molecule has 0 saturated heterocycles. The number of rotatable bonds is 6. The molecular formula is C22H27F3N2O. The lowest BCUT2D eigenvalue weighted by molar-refractivity contribution is -0.137. The van der Waals surface area contributed by atoms with Crippen molar-refractivity contribution in [3.63, 3.8) is 0 Å². The highest BCUT2D eigenvalue weighted by Crippen LogP contribution is 2.40. The van der Waals surface area contributed by atoms with E-state index < -0.39 is 11.7 Å². The van der Waals surface area contributed by atoms with Crippen LogP contribution in [-0.4, -0.2) is 5.91 Å². The van der Waals surface area contributed by atoms with Crippen LogP contribution in [0.2, 0.25) is 0 Å². The molecule has 1 aliphatic carbocycles. The van der Waals surface area contributed by atoms with Crippen molar-refractivity contribution < 1.29 is 18.0 Å². The minimum Gasteiger partial charge on any atom is -0.352 e. The van der Waals surface area contributed by atoms with E-state index in [1.807, 2.05) is 6.92 Å². The molecule has 3 atom stereocenters. The zero-order valence-electron chi connectivity index (χ0n) is 16.5. The van der Waals surface area contributed by atoms with E-state index >= 15 is 0 Å². The summed E-state index contributed by atoms with van der Waals surface area (Å²) in [5, 5.41) is 11.9. The van der Waals surface area contributed by atoms with Crippen LogP contribution in [0.25, 0.3) is 0 Å². The highest BCUT2D eigenvalue weighted by Gasteiger charge is 2.32. The third-order valence-electron chi connectivity index (χ3n) is 5.61. The Morgan fingerprint density at radius 3 is 2.46 bits per heavy atom. The Morgan fingerprint density at radius 1 is 1.29 bits per heavy atom. The molecule has 0 bridgehead atoms. The number of hydrogen-bond donors (Lipinski definition) is 1. The van der Waals surface area contributed by atoms with Crippen LogP contribution in [0.5, 0.6) is 0 Å². The molecule has 1 aromatic rings. The predicted molar refractivity (Wildman–Crippen MR) is 102 cm³/mol. The van der Waals surface area contributed by atoms with Gasteiger partial charge in [-0.2, -0.15) is 18.4 Å². The molecular weight excluding hydrogens is 365 g/mol. The summed E-state index contributed by atoms with van der Waals surface area (Å²) in [6, 6.07) is 7.08. The van der Waals surface area contributed by atoms with Gasteiger partial charge >= 0.3 is 6.18 Å². The number of hydrogen-bond acceptors (Lipinski definition) is 2. The number of alkyl halides is 3. The van der Waals surface area contributed by atoms with Crippen LogP contribution in [-0.2, 0) is 17.5 Å². The summed E-state index contributed by atoms with van der Waals surface area (Å²) in [4.78, 5) is 12.4. The number of amides is 1. The molecule has 1 aromatic carbocycles. The second-order valence-electron chi connectivity index (χ2n) is 7.95. The first-order valence-corrected chi connectivity index (χ1v) is 9.60. The van der Waals surface area contributed by atoms with Crippen LogP contribution in [0.15, 0.2) is 35.9 Å². The lowest BCUT2D eigenvalue weighted by atomic mass is 9.69. The molecule has 1 N–H and O–H groups in total. The fraction of sp³-hybridized carbons (Fsp3) is 0.545. The number of benzene rings is 1. The van der Waals surface area contributed by atoms with Crippen molar-refractivity contribution >= 4 is 5.91 Å². The van der Waals surface area contributed by atoms with Crippen LogP contribution in [0, 0.1) is 35.0 Å². The van der Waals surface area contributed by atoms with Gasteiger partial charge in [-0.15, -0.1) is 0 Å². The molecule has 1 amide bonds. The Labute approximate surface area is 164 Å². The molecule has 28 heavy (non-hydrogen) atoms. The molecule has 0 heterocycles. The number of nitrogens with zero attached hydrogens (tertiary/aromatic N) is 1. The predicted octanol–water partition coefficient (Wildman–Crippen LogP) is 5.48. The Morgan fingerprint density at radius 2 is 1.93 bits per heavy atom. The summed E-state index contributed by atoms with van der Waals surface area (Å²) in [7, 11) is 0. The number of nitrogens with one attached hydrogen (secondary N) is 1. The van der Waals surface area contributed by atoms with E-state index in [1.165, 1.54) is 12.1 Å². The molecule has 1 aliphatic rings. The minimum absolute atomic E-state index is 0.112. The molecule has 0 spiro atoms. The van der Waals surface area contributed by atoms with E-state index in [-0.39, 0.29) is 24.3 Å². The van der Waals surface area contributed by atoms with Gasteiger partial charge in [0, 0.05) is 19.4 Å². The summed E-state index contributed by atoms with van der Waals surface area (Å²) in [5.74, 6) is 1.06. The van der Waals surface area contributed by atoms with Crippen molar-refractivity contribution in [2.75, 3.05) is 0 Å². The maximum Gasteiger partial charge on any atom is 0.416 e. The first-order valence-electron chi connectivity index (χ1n) is 9.60. The highest BCUT2D eigenvalue weighted by molar-refractivity contribution is 5.76. The van der Waals surface area contributed by atoms with E-state index in [2.05, 4.69) is 31.3 Å². The normalized spacial score (nSPS) is 22.5. The van der Waals surface area contributed by atoms with E-state index in [4.69, 9.17) is 5.26 Å². The van der Waals surface area contributed by atoms with E-state index in [1.54, 1.807) is 0 Å². The summed E-state index contributed by atoms with van der Waals surface area (Å²) in [6.45, 7) is 6.50. The Bertz CT molecular complexity index is 745. The van der Waals surface area contributed by atoms with Gasteiger partial charge in [0.25, 0.3) is 0 Å². The Kier molecular flexibility index (Phi) is 7.29. The number of nitriles is 1. The number of carbonyl (C=O) groups is 1. The molecule has 0 radical (unpaired) electrons. The van der Waals surface area contributed by atoms with Gasteiger partial charge in [0.05, 0.1) is 11.6 Å². The summed E-state index contributed by atoms with van der Waals surface area (Å²) >= 11 is 0. The maximum absolute atomic E-state index is 12.6. The van der Waals surface area contributed by atoms with Crippen LogP contribution in [0.4, 0.5) is 13.2 Å². The Balaban J connectivity index is 1.93. The van der Waals surface area contributed by atoms with Gasteiger partial charge in [-0.25, -0.2) is 0 Å². The zero-order valence-corrected chi connectivity index (χ0v) is 16.5. The van der Waals surface area contributed by atoms with Crippen molar-refractivity contribution in [1.82, 2.24) is 5.32 Å². The van der Waals surface area contributed by atoms with Crippen LogP contribution in [0.3, 0.4) is 0 Å². The van der Waals surface area contributed by atoms with Gasteiger partial charge in [0.2, 0.25) is 5.91 Å². The topological polar surface area (TPSA) is 52.9 Å². The largest absolute Gasteiger partial charge is 0.416 e. The molecule has 0 unspecified atom stereocenters. The number of allylic oxidation sites excluding steroid dienone is 2. The third kappa shape index (κ3) is 5.85. The second kappa shape index (κ2) is 9.27. The van der Waals surface area contributed by atoms with E-state index in [0.29, 0.717) is 30.2 Å². The summed E-state index contributed by atoms with van der Waals surface area (Å²) < 4.78 is 37.8.